The van der Waals surface area contributed by atoms with Crippen LogP contribution in [0.3, 0.4) is 0 Å². The number of ether oxygens (including phenoxy) is 1. The van der Waals surface area contributed by atoms with Gasteiger partial charge < -0.3 is 9.94 Å². The van der Waals surface area contributed by atoms with E-state index >= 15 is 0 Å². The van der Waals surface area contributed by atoms with Gasteiger partial charge in [0, 0.05) is 6.54 Å². The number of hydrogen-bond acceptors (Lipinski definition) is 3. The predicted molar refractivity (Wildman–Crippen MR) is 51.1 cm³/mol. The molecule has 0 amide bonds. The highest BCUT2D eigenvalue weighted by molar-refractivity contribution is 5.28. The Bertz CT molecular complexity index is 250. The Morgan fingerprint density at radius 1 is 1.46 bits per heavy atom. The quantitative estimate of drug-likeness (QED) is 0.535. The van der Waals surface area contributed by atoms with Crippen LogP contribution in [0.2, 0.25) is 0 Å². The van der Waals surface area contributed by atoms with Gasteiger partial charge in [-0.3, -0.25) is 0 Å². The van der Waals surface area contributed by atoms with Crippen molar-refractivity contribution in [2.24, 2.45) is 0 Å². The monoisotopic (exact) mass is 181 g/mol. The molecule has 3 nitrogen and oxygen atoms in total. The molecule has 1 rings (SSSR count). The lowest BCUT2D eigenvalue weighted by Crippen LogP contribution is -2.09. The van der Waals surface area contributed by atoms with Crippen LogP contribution in [0.15, 0.2) is 24.3 Å². The number of hydroxylamine groups is 1. The van der Waals surface area contributed by atoms with E-state index in [4.69, 9.17) is 9.94 Å². The average Bonchev–Trinajstić information content (AvgIpc) is 2.19. The van der Waals surface area contributed by atoms with Crippen molar-refractivity contribution < 1.29 is 9.94 Å². The van der Waals surface area contributed by atoms with Crippen molar-refractivity contribution in [3.63, 3.8) is 0 Å². The molecular weight excluding hydrogens is 166 g/mol. The topological polar surface area (TPSA) is 41.5 Å². The van der Waals surface area contributed by atoms with Gasteiger partial charge in [0.05, 0.1) is 7.11 Å². The van der Waals surface area contributed by atoms with Gasteiger partial charge in [0.2, 0.25) is 0 Å². The SMILES string of the molecule is COc1cccc(CCCNO)c1. The van der Waals surface area contributed by atoms with Gasteiger partial charge in [-0.1, -0.05) is 12.1 Å². The fourth-order valence-corrected chi connectivity index (χ4v) is 1.20. The first kappa shape index (κ1) is 10.0. The molecule has 0 fully saturated rings. The van der Waals surface area contributed by atoms with Crippen molar-refractivity contribution >= 4 is 0 Å². The summed E-state index contributed by atoms with van der Waals surface area (Å²) in [6, 6.07) is 7.96. The standard InChI is InChI=1S/C10H15NO2/c1-13-10-6-2-4-9(8-10)5-3-7-11-12/h2,4,6,8,11-12H,3,5,7H2,1H3. The third kappa shape index (κ3) is 3.44. The third-order valence-electron chi connectivity index (χ3n) is 1.89. The summed E-state index contributed by atoms with van der Waals surface area (Å²) < 4.78 is 5.10. The number of benzene rings is 1. The minimum atomic E-state index is 0.622. The van der Waals surface area contributed by atoms with Crippen LogP contribution in [0, 0.1) is 0 Å². The third-order valence-corrected chi connectivity index (χ3v) is 1.89. The van der Waals surface area contributed by atoms with Crippen LogP contribution >= 0.6 is 0 Å². The molecule has 0 radical (unpaired) electrons. The largest absolute Gasteiger partial charge is 0.497 e. The molecule has 0 aliphatic heterocycles. The molecule has 72 valence electrons. The molecule has 0 saturated carbocycles. The van der Waals surface area contributed by atoms with Crippen LogP contribution in [0.4, 0.5) is 0 Å². The first-order valence-electron chi connectivity index (χ1n) is 4.36. The van der Waals surface area contributed by atoms with Crippen LogP contribution in [0.5, 0.6) is 5.75 Å². The van der Waals surface area contributed by atoms with E-state index in [0.717, 1.165) is 18.6 Å². The van der Waals surface area contributed by atoms with Crippen molar-refractivity contribution in [1.29, 1.82) is 0 Å². The minimum absolute atomic E-state index is 0.622. The smallest absolute Gasteiger partial charge is 0.119 e. The van der Waals surface area contributed by atoms with Gasteiger partial charge in [-0.2, -0.15) is 0 Å². The van der Waals surface area contributed by atoms with Crippen LogP contribution in [0.1, 0.15) is 12.0 Å². The zero-order chi connectivity index (χ0) is 9.52. The number of nitrogens with one attached hydrogen (secondary N) is 1. The number of rotatable bonds is 5. The molecule has 3 heteroatoms. The molecule has 0 heterocycles. The lowest BCUT2D eigenvalue weighted by molar-refractivity contribution is 0.166. The van der Waals surface area contributed by atoms with E-state index < -0.39 is 0 Å². The van der Waals surface area contributed by atoms with E-state index in [2.05, 4.69) is 11.5 Å². The van der Waals surface area contributed by atoms with Gasteiger partial charge in [0.25, 0.3) is 0 Å². The molecule has 0 unspecified atom stereocenters. The Morgan fingerprint density at radius 2 is 2.31 bits per heavy atom. The van der Waals surface area contributed by atoms with E-state index in [-0.39, 0.29) is 0 Å². The zero-order valence-electron chi connectivity index (χ0n) is 7.79. The Kier molecular flexibility index (Phi) is 4.29. The first-order chi connectivity index (χ1) is 6.36. The van der Waals surface area contributed by atoms with Crippen molar-refractivity contribution in [3.8, 4) is 5.75 Å². The van der Waals surface area contributed by atoms with Crippen molar-refractivity contribution in [3.05, 3.63) is 29.8 Å². The highest BCUT2D eigenvalue weighted by Crippen LogP contribution is 2.13. The maximum Gasteiger partial charge on any atom is 0.119 e. The summed E-state index contributed by atoms with van der Waals surface area (Å²) >= 11 is 0. The van der Waals surface area contributed by atoms with Crippen molar-refractivity contribution in [2.75, 3.05) is 13.7 Å². The molecule has 0 aliphatic carbocycles. The summed E-state index contributed by atoms with van der Waals surface area (Å²) in [5.74, 6) is 0.884. The fourth-order valence-electron chi connectivity index (χ4n) is 1.20. The number of hydrogen-bond donors (Lipinski definition) is 2. The lowest BCUT2D eigenvalue weighted by Gasteiger charge is -2.03. The van der Waals surface area contributed by atoms with E-state index in [9.17, 15) is 0 Å². The zero-order valence-corrected chi connectivity index (χ0v) is 7.79. The van der Waals surface area contributed by atoms with Crippen LogP contribution in [-0.2, 0) is 6.42 Å². The Hall–Kier alpha value is -1.06. The van der Waals surface area contributed by atoms with Gasteiger partial charge in [0.15, 0.2) is 0 Å². The summed E-state index contributed by atoms with van der Waals surface area (Å²) in [6.07, 6.45) is 1.87. The highest BCUT2D eigenvalue weighted by Gasteiger charge is 1.95. The second kappa shape index (κ2) is 5.56. The summed E-state index contributed by atoms with van der Waals surface area (Å²) in [5.41, 5.74) is 3.37. The Labute approximate surface area is 78.3 Å². The predicted octanol–water partition coefficient (Wildman–Crippen LogP) is 1.61. The molecular formula is C10H15NO2. The number of methoxy groups -OCH3 is 1. The van der Waals surface area contributed by atoms with Crippen LogP contribution < -0.4 is 10.2 Å². The van der Waals surface area contributed by atoms with E-state index in [1.165, 1.54) is 5.56 Å². The van der Waals surface area contributed by atoms with E-state index in [0.29, 0.717) is 6.54 Å². The summed E-state index contributed by atoms with van der Waals surface area (Å²) in [6.45, 7) is 0.622. The van der Waals surface area contributed by atoms with E-state index in [1.54, 1.807) is 7.11 Å². The molecule has 0 saturated heterocycles. The normalized spacial score (nSPS) is 10.0. The maximum absolute atomic E-state index is 8.37. The molecule has 1 aromatic rings. The van der Waals surface area contributed by atoms with Gasteiger partial charge in [-0.15, -0.1) is 0 Å². The van der Waals surface area contributed by atoms with Crippen molar-refractivity contribution in [1.82, 2.24) is 5.48 Å². The molecule has 0 aromatic heterocycles. The Morgan fingerprint density at radius 3 is 3.00 bits per heavy atom. The van der Waals surface area contributed by atoms with Crippen LogP contribution in [0.25, 0.3) is 0 Å². The van der Waals surface area contributed by atoms with E-state index in [1.807, 2.05) is 18.2 Å². The maximum atomic E-state index is 8.37. The fraction of sp³-hybridized carbons (Fsp3) is 0.400. The lowest BCUT2D eigenvalue weighted by atomic mass is 10.1. The molecule has 0 bridgehead atoms. The van der Waals surface area contributed by atoms with Gasteiger partial charge in [-0.25, -0.2) is 5.48 Å². The highest BCUT2D eigenvalue weighted by atomic mass is 16.5. The molecule has 1 aromatic carbocycles. The average molecular weight is 181 g/mol. The first-order valence-corrected chi connectivity index (χ1v) is 4.36. The molecule has 0 aliphatic rings. The summed E-state index contributed by atoms with van der Waals surface area (Å²) in [5, 5.41) is 8.37. The second-order valence-electron chi connectivity index (χ2n) is 2.86. The second-order valence-corrected chi connectivity index (χ2v) is 2.86. The van der Waals surface area contributed by atoms with Gasteiger partial charge in [-0.05, 0) is 30.5 Å². The van der Waals surface area contributed by atoms with Crippen molar-refractivity contribution in [2.45, 2.75) is 12.8 Å². The minimum Gasteiger partial charge on any atom is -0.497 e. The number of aryl methyl sites for hydroxylation is 1. The van der Waals surface area contributed by atoms with Gasteiger partial charge in [0.1, 0.15) is 5.75 Å². The molecule has 13 heavy (non-hydrogen) atoms. The Balaban J connectivity index is 2.46. The molecule has 2 N–H and O–H groups in total. The van der Waals surface area contributed by atoms with Gasteiger partial charge >= 0.3 is 0 Å². The summed E-state index contributed by atoms with van der Waals surface area (Å²) in [4.78, 5) is 0. The van der Waals surface area contributed by atoms with Crippen LogP contribution in [-0.4, -0.2) is 18.9 Å². The summed E-state index contributed by atoms with van der Waals surface area (Å²) in [7, 11) is 1.66. The molecule has 0 atom stereocenters. The molecule has 0 spiro atoms.